The molecule has 2 heterocycles. The number of esters is 1. The van der Waals surface area contributed by atoms with Crippen molar-refractivity contribution in [1.29, 1.82) is 0 Å². The first-order valence-electron chi connectivity index (χ1n) is 9.34. The van der Waals surface area contributed by atoms with E-state index in [1.54, 1.807) is 35.2 Å². The van der Waals surface area contributed by atoms with E-state index in [0.29, 0.717) is 17.8 Å². The van der Waals surface area contributed by atoms with E-state index in [9.17, 15) is 9.59 Å². The van der Waals surface area contributed by atoms with Gasteiger partial charge in [0.05, 0.1) is 18.4 Å². The minimum absolute atomic E-state index is 0.177. The Morgan fingerprint density at radius 1 is 1.07 bits per heavy atom. The van der Waals surface area contributed by atoms with E-state index in [2.05, 4.69) is 15.3 Å². The molecular formula is C22H20N4O3. The number of methoxy groups -OCH3 is 1. The first kappa shape index (κ1) is 18.6. The lowest BCUT2D eigenvalue weighted by atomic mass is 10.0. The smallest absolute Gasteiger partial charge is 0.339 e. The number of benzene rings is 2. The van der Waals surface area contributed by atoms with Crippen molar-refractivity contribution in [3.05, 3.63) is 77.6 Å². The lowest BCUT2D eigenvalue weighted by Crippen LogP contribution is -2.36. The highest BCUT2D eigenvalue weighted by Gasteiger charge is 2.24. The number of carbonyl (C=O) groups excluding carboxylic acids is 2. The first-order valence-corrected chi connectivity index (χ1v) is 9.34. The molecule has 0 bridgehead atoms. The number of aromatic nitrogens is 2. The molecule has 0 atom stereocenters. The summed E-state index contributed by atoms with van der Waals surface area (Å²) in [6.45, 7) is 0.647. The number of hydrogen-bond donors (Lipinski definition) is 1. The summed E-state index contributed by atoms with van der Waals surface area (Å²) >= 11 is 0. The molecule has 1 amide bonds. The highest BCUT2D eigenvalue weighted by atomic mass is 16.5. The maximum absolute atomic E-state index is 13.1. The zero-order valence-corrected chi connectivity index (χ0v) is 16.0. The van der Waals surface area contributed by atoms with Gasteiger partial charge in [-0.25, -0.2) is 14.8 Å². The summed E-state index contributed by atoms with van der Waals surface area (Å²) in [5.41, 5.74) is 3.24. The zero-order valence-electron chi connectivity index (χ0n) is 16.0. The second kappa shape index (κ2) is 8.10. The number of nitrogens with one attached hydrogen (secondary N) is 1. The van der Waals surface area contributed by atoms with Crippen LogP contribution in [0.5, 0.6) is 0 Å². The van der Waals surface area contributed by atoms with E-state index in [-0.39, 0.29) is 17.5 Å². The standard InChI is InChI=1S/C22H20N4O3/c1-29-21(28)16-9-3-4-10-17(16)24-22-23-13-12-18(25-22)20(27)26-14-6-8-15-7-2-5-11-19(15)26/h2-5,7,9-13H,6,8,14H2,1H3,(H,23,24,25). The molecule has 1 aliphatic rings. The van der Waals surface area contributed by atoms with Crippen LogP contribution in [0.2, 0.25) is 0 Å². The Kier molecular flexibility index (Phi) is 5.20. The summed E-state index contributed by atoms with van der Waals surface area (Å²) in [6.07, 6.45) is 3.39. The predicted molar refractivity (Wildman–Crippen MR) is 110 cm³/mol. The van der Waals surface area contributed by atoms with Crippen molar-refractivity contribution in [3.8, 4) is 0 Å². The molecule has 1 aromatic heterocycles. The summed E-state index contributed by atoms with van der Waals surface area (Å²) in [5.74, 6) is -0.411. The van der Waals surface area contributed by atoms with Crippen LogP contribution in [-0.2, 0) is 11.2 Å². The van der Waals surface area contributed by atoms with E-state index in [1.807, 2.05) is 24.3 Å². The van der Waals surface area contributed by atoms with Gasteiger partial charge in [0.25, 0.3) is 5.91 Å². The molecule has 7 nitrogen and oxygen atoms in total. The SMILES string of the molecule is COC(=O)c1ccccc1Nc1nccc(C(=O)N2CCCc3ccccc32)n1. The molecule has 0 aliphatic carbocycles. The van der Waals surface area contributed by atoms with Crippen molar-refractivity contribution in [2.24, 2.45) is 0 Å². The van der Waals surface area contributed by atoms with E-state index in [1.165, 1.54) is 13.3 Å². The molecule has 0 spiro atoms. The summed E-state index contributed by atoms with van der Waals surface area (Å²) in [6, 6.07) is 16.4. The van der Waals surface area contributed by atoms with E-state index < -0.39 is 5.97 Å². The van der Waals surface area contributed by atoms with Gasteiger partial charge in [0, 0.05) is 18.4 Å². The lowest BCUT2D eigenvalue weighted by Gasteiger charge is -2.29. The van der Waals surface area contributed by atoms with Crippen LogP contribution in [-0.4, -0.2) is 35.5 Å². The molecule has 1 N–H and O–H groups in total. The molecule has 3 aromatic rings. The van der Waals surface area contributed by atoms with E-state index >= 15 is 0 Å². The molecule has 1 aliphatic heterocycles. The molecule has 0 saturated heterocycles. The Morgan fingerprint density at radius 3 is 2.72 bits per heavy atom. The van der Waals surface area contributed by atoms with Crippen LogP contribution < -0.4 is 10.2 Å². The molecule has 7 heteroatoms. The second-order valence-electron chi connectivity index (χ2n) is 6.62. The molecule has 2 aromatic carbocycles. The molecule has 0 saturated carbocycles. The van der Waals surface area contributed by atoms with Gasteiger partial charge in [0.1, 0.15) is 5.69 Å². The third kappa shape index (κ3) is 3.80. The number of nitrogens with zero attached hydrogens (tertiary/aromatic N) is 3. The van der Waals surface area contributed by atoms with Crippen molar-refractivity contribution >= 4 is 29.2 Å². The van der Waals surface area contributed by atoms with Crippen LogP contribution >= 0.6 is 0 Å². The predicted octanol–water partition coefficient (Wildman–Crippen LogP) is 3.60. The molecular weight excluding hydrogens is 368 g/mol. The van der Waals surface area contributed by atoms with Gasteiger partial charge >= 0.3 is 5.97 Å². The Hall–Kier alpha value is -3.74. The first-order chi connectivity index (χ1) is 14.2. The summed E-state index contributed by atoms with van der Waals surface area (Å²) in [4.78, 5) is 35.4. The molecule has 146 valence electrons. The van der Waals surface area contributed by atoms with Gasteiger partial charge in [-0.1, -0.05) is 30.3 Å². The third-order valence-electron chi connectivity index (χ3n) is 4.81. The van der Waals surface area contributed by atoms with Crippen LogP contribution in [0.15, 0.2) is 60.8 Å². The Morgan fingerprint density at radius 2 is 1.86 bits per heavy atom. The quantitative estimate of drug-likeness (QED) is 0.688. The summed E-state index contributed by atoms with van der Waals surface area (Å²) in [5, 5.41) is 3.01. The van der Waals surface area contributed by atoms with Crippen LogP contribution in [0.4, 0.5) is 17.3 Å². The van der Waals surface area contributed by atoms with Gasteiger partial charge in [0.15, 0.2) is 0 Å². The van der Waals surface area contributed by atoms with E-state index in [0.717, 1.165) is 24.1 Å². The zero-order chi connectivity index (χ0) is 20.2. The van der Waals surface area contributed by atoms with Crippen molar-refractivity contribution in [1.82, 2.24) is 9.97 Å². The van der Waals surface area contributed by atoms with Crippen LogP contribution in [0.1, 0.15) is 32.8 Å². The normalized spacial score (nSPS) is 12.8. The van der Waals surface area contributed by atoms with Gasteiger partial charge in [0.2, 0.25) is 5.95 Å². The van der Waals surface area contributed by atoms with Crippen LogP contribution in [0.3, 0.4) is 0 Å². The van der Waals surface area contributed by atoms with Crippen LogP contribution in [0.25, 0.3) is 0 Å². The number of rotatable bonds is 4. The number of anilines is 3. The third-order valence-corrected chi connectivity index (χ3v) is 4.81. The molecule has 0 radical (unpaired) electrons. The average molecular weight is 388 g/mol. The van der Waals surface area contributed by atoms with Crippen LogP contribution in [0, 0.1) is 0 Å². The van der Waals surface area contributed by atoms with E-state index in [4.69, 9.17) is 4.74 Å². The molecule has 4 rings (SSSR count). The minimum Gasteiger partial charge on any atom is -0.465 e. The largest absolute Gasteiger partial charge is 0.465 e. The molecule has 0 unspecified atom stereocenters. The maximum atomic E-state index is 13.1. The van der Waals surface area contributed by atoms with Gasteiger partial charge in [-0.05, 0) is 42.7 Å². The Labute approximate surface area is 168 Å². The van der Waals surface area contributed by atoms with Gasteiger partial charge in [-0.3, -0.25) is 4.79 Å². The fourth-order valence-electron chi connectivity index (χ4n) is 3.42. The topological polar surface area (TPSA) is 84.4 Å². The number of hydrogen-bond acceptors (Lipinski definition) is 6. The highest BCUT2D eigenvalue weighted by molar-refractivity contribution is 6.05. The maximum Gasteiger partial charge on any atom is 0.339 e. The Balaban J connectivity index is 1.61. The Bertz CT molecular complexity index is 1070. The second-order valence-corrected chi connectivity index (χ2v) is 6.62. The lowest BCUT2D eigenvalue weighted by molar-refractivity contribution is 0.0601. The average Bonchev–Trinajstić information content (AvgIpc) is 2.78. The van der Waals surface area contributed by atoms with Gasteiger partial charge in [-0.2, -0.15) is 0 Å². The highest BCUT2D eigenvalue weighted by Crippen LogP contribution is 2.28. The van der Waals surface area contributed by atoms with Crippen molar-refractivity contribution in [2.45, 2.75) is 12.8 Å². The number of amides is 1. The van der Waals surface area contributed by atoms with Gasteiger partial charge < -0.3 is 15.0 Å². The number of aryl methyl sites for hydroxylation is 1. The fourth-order valence-corrected chi connectivity index (χ4v) is 3.42. The molecule has 0 fully saturated rings. The number of ether oxygens (including phenoxy) is 1. The summed E-state index contributed by atoms with van der Waals surface area (Å²) < 4.78 is 4.81. The van der Waals surface area contributed by atoms with Crippen molar-refractivity contribution in [2.75, 3.05) is 23.9 Å². The fraction of sp³-hybridized carbons (Fsp3) is 0.182. The number of para-hydroxylation sites is 2. The van der Waals surface area contributed by atoms with Crippen molar-refractivity contribution < 1.29 is 14.3 Å². The number of fused-ring (bicyclic) bond motifs is 1. The van der Waals surface area contributed by atoms with Crippen molar-refractivity contribution in [3.63, 3.8) is 0 Å². The summed E-state index contributed by atoms with van der Waals surface area (Å²) in [7, 11) is 1.32. The minimum atomic E-state index is -0.467. The van der Waals surface area contributed by atoms with Gasteiger partial charge in [-0.15, -0.1) is 0 Å². The monoisotopic (exact) mass is 388 g/mol. The number of carbonyl (C=O) groups is 2. The molecule has 29 heavy (non-hydrogen) atoms.